The van der Waals surface area contributed by atoms with Gasteiger partial charge in [-0.25, -0.2) is 14.8 Å². The first-order valence-corrected chi connectivity index (χ1v) is 11.4. The Morgan fingerprint density at radius 1 is 1.19 bits per heavy atom. The number of fused-ring (bicyclic) bond motifs is 2. The molecule has 2 saturated carbocycles. The van der Waals surface area contributed by atoms with Crippen molar-refractivity contribution >= 4 is 17.3 Å². The van der Waals surface area contributed by atoms with E-state index in [0.29, 0.717) is 29.8 Å². The van der Waals surface area contributed by atoms with Crippen LogP contribution in [0.1, 0.15) is 62.5 Å². The van der Waals surface area contributed by atoms with Gasteiger partial charge in [0.2, 0.25) is 0 Å². The molecule has 5 unspecified atom stereocenters. The number of hydrogen-bond acceptors (Lipinski definition) is 6. The quantitative estimate of drug-likeness (QED) is 0.524. The first-order valence-electron chi connectivity index (χ1n) is 11.4. The lowest BCUT2D eigenvalue weighted by molar-refractivity contribution is 0.0526. The summed E-state index contributed by atoms with van der Waals surface area (Å²) in [4.78, 5) is 19.4. The third-order valence-electron chi connectivity index (χ3n) is 6.52. The Morgan fingerprint density at radius 2 is 2.00 bits per heavy atom. The maximum absolute atomic E-state index is 11.8. The number of carbonyl (C=O) groups excluding carboxylic acids is 1. The number of hydrogen-bond donors (Lipinski definition) is 2. The molecular weight excluding hydrogens is 388 g/mol. The monoisotopic (exact) mass is 424 g/mol. The molecule has 2 aliphatic carbocycles. The highest BCUT2D eigenvalue weighted by Gasteiger charge is 2.40. The van der Waals surface area contributed by atoms with Gasteiger partial charge in [-0.05, 0) is 87.5 Å². The second kappa shape index (κ2) is 10.6. The van der Waals surface area contributed by atoms with Crippen LogP contribution in [0.15, 0.2) is 36.8 Å². The van der Waals surface area contributed by atoms with Crippen LogP contribution in [0.25, 0.3) is 0 Å². The third kappa shape index (κ3) is 6.18. The molecule has 0 amide bonds. The van der Waals surface area contributed by atoms with Gasteiger partial charge in [0, 0.05) is 17.9 Å². The van der Waals surface area contributed by atoms with E-state index in [1.54, 1.807) is 25.3 Å². The molecule has 6 nitrogen and oxygen atoms in total. The summed E-state index contributed by atoms with van der Waals surface area (Å²) >= 11 is 0. The number of aryl methyl sites for hydroxylation is 1. The van der Waals surface area contributed by atoms with E-state index in [-0.39, 0.29) is 5.97 Å². The number of ether oxygens (including phenoxy) is 1. The fourth-order valence-electron chi connectivity index (χ4n) is 5.26. The lowest BCUT2D eigenvalue weighted by Crippen LogP contribution is -2.45. The van der Waals surface area contributed by atoms with Crippen molar-refractivity contribution < 1.29 is 9.53 Å². The predicted molar refractivity (Wildman–Crippen MR) is 125 cm³/mol. The Balaban J connectivity index is 0.000000330. The minimum absolute atomic E-state index is 0.314. The molecule has 3 N–H and O–H groups in total. The van der Waals surface area contributed by atoms with Gasteiger partial charge in [-0.2, -0.15) is 0 Å². The first kappa shape index (κ1) is 23.0. The maximum Gasteiger partial charge on any atom is 0.338 e. The molecule has 2 bridgehead atoms. The highest BCUT2D eigenvalue weighted by Crippen LogP contribution is 2.46. The number of nitrogens with one attached hydrogen (secondary N) is 1. The molecule has 168 valence electrons. The number of nitrogens with two attached hydrogens (primary N) is 1. The van der Waals surface area contributed by atoms with Crippen LogP contribution in [0.5, 0.6) is 0 Å². The second-order valence-electron chi connectivity index (χ2n) is 9.19. The average Bonchev–Trinajstić information content (AvgIpc) is 2.72. The number of carbonyl (C=O) groups is 1. The van der Waals surface area contributed by atoms with E-state index in [4.69, 9.17) is 10.5 Å². The van der Waals surface area contributed by atoms with Crippen LogP contribution in [0.3, 0.4) is 0 Å². The van der Waals surface area contributed by atoms with E-state index in [1.807, 2.05) is 19.1 Å². The molecule has 2 aliphatic rings. The predicted octanol–water partition coefficient (Wildman–Crippen LogP) is 5.10. The van der Waals surface area contributed by atoms with Crippen LogP contribution in [0, 0.1) is 30.6 Å². The van der Waals surface area contributed by atoms with Crippen molar-refractivity contribution in [3.8, 4) is 0 Å². The fourth-order valence-corrected chi connectivity index (χ4v) is 5.26. The molecule has 4 rings (SSSR count). The Hall–Kier alpha value is -2.63. The molecule has 0 spiro atoms. The molecule has 2 fully saturated rings. The Morgan fingerprint density at radius 3 is 2.61 bits per heavy atom. The molecule has 31 heavy (non-hydrogen) atoms. The number of nitrogens with zero attached hydrogens (tertiary/aromatic N) is 2. The van der Waals surface area contributed by atoms with Crippen LogP contribution in [-0.2, 0) is 4.74 Å². The van der Waals surface area contributed by atoms with E-state index in [9.17, 15) is 4.79 Å². The van der Waals surface area contributed by atoms with Crippen molar-refractivity contribution in [2.45, 2.75) is 59.4 Å². The second-order valence-corrected chi connectivity index (χ2v) is 9.19. The summed E-state index contributed by atoms with van der Waals surface area (Å²) in [5.74, 6) is 2.80. The molecule has 0 saturated heterocycles. The minimum Gasteiger partial charge on any atom is -0.462 e. The first-order chi connectivity index (χ1) is 14.9. The van der Waals surface area contributed by atoms with E-state index in [1.165, 1.54) is 32.0 Å². The molecule has 2 aromatic rings. The maximum atomic E-state index is 11.8. The normalized spacial score (nSPS) is 26.9. The summed E-state index contributed by atoms with van der Waals surface area (Å²) in [6, 6.07) is 7.78. The SMILES string of the molecule is CCOC(=O)c1ccc(NC2C(C)CC3CC(C)CC2C3)c(N)c1.Cc1ccncn1. The van der Waals surface area contributed by atoms with Crippen LogP contribution in [0.4, 0.5) is 11.4 Å². The molecule has 0 radical (unpaired) electrons. The van der Waals surface area contributed by atoms with Crippen molar-refractivity contribution in [3.63, 3.8) is 0 Å². The van der Waals surface area contributed by atoms with Crippen LogP contribution in [-0.4, -0.2) is 28.6 Å². The van der Waals surface area contributed by atoms with Crippen molar-refractivity contribution in [1.82, 2.24) is 9.97 Å². The number of nitrogen functional groups attached to an aromatic ring is 1. The van der Waals surface area contributed by atoms with Gasteiger partial charge >= 0.3 is 5.97 Å². The summed E-state index contributed by atoms with van der Waals surface area (Å²) < 4.78 is 5.04. The number of rotatable bonds is 4. The largest absolute Gasteiger partial charge is 0.462 e. The van der Waals surface area contributed by atoms with E-state index in [0.717, 1.165) is 29.1 Å². The average molecular weight is 425 g/mol. The molecule has 0 aliphatic heterocycles. The molecule has 1 aromatic carbocycles. The lowest BCUT2D eigenvalue weighted by atomic mass is 9.63. The number of esters is 1. The lowest BCUT2D eigenvalue weighted by Gasteiger charge is -2.47. The molecule has 6 heteroatoms. The highest BCUT2D eigenvalue weighted by atomic mass is 16.5. The number of benzene rings is 1. The fraction of sp³-hybridized carbons (Fsp3) is 0.560. The van der Waals surface area contributed by atoms with Gasteiger partial charge < -0.3 is 15.8 Å². The highest BCUT2D eigenvalue weighted by molar-refractivity contribution is 5.92. The van der Waals surface area contributed by atoms with Gasteiger partial charge in [-0.3, -0.25) is 0 Å². The molecule has 5 atom stereocenters. The van der Waals surface area contributed by atoms with Gasteiger partial charge in [0.25, 0.3) is 0 Å². The number of aromatic nitrogens is 2. The van der Waals surface area contributed by atoms with Crippen LogP contribution in [0.2, 0.25) is 0 Å². The minimum atomic E-state index is -0.314. The summed E-state index contributed by atoms with van der Waals surface area (Å²) in [6.45, 7) is 8.85. The topological polar surface area (TPSA) is 90.1 Å². The van der Waals surface area contributed by atoms with E-state index in [2.05, 4.69) is 29.1 Å². The van der Waals surface area contributed by atoms with Gasteiger partial charge in [0.05, 0.1) is 23.5 Å². The molecule has 1 heterocycles. The molecular formula is C25H36N4O2. The smallest absolute Gasteiger partial charge is 0.338 e. The van der Waals surface area contributed by atoms with E-state index >= 15 is 0 Å². The van der Waals surface area contributed by atoms with Gasteiger partial charge in [-0.1, -0.05) is 13.8 Å². The summed E-state index contributed by atoms with van der Waals surface area (Å²) in [5, 5.41) is 3.70. The zero-order valence-electron chi connectivity index (χ0n) is 19.2. The van der Waals surface area contributed by atoms with Crippen LogP contribution < -0.4 is 11.1 Å². The zero-order valence-corrected chi connectivity index (χ0v) is 19.2. The Kier molecular flexibility index (Phi) is 7.88. The summed E-state index contributed by atoms with van der Waals surface area (Å²) in [6.07, 6.45) is 8.60. The van der Waals surface area contributed by atoms with Gasteiger partial charge in [0.1, 0.15) is 6.33 Å². The summed E-state index contributed by atoms with van der Waals surface area (Å²) in [5.41, 5.74) is 9.29. The zero-order chi connectivity index (χ0) is 22.4. The van der Waals surface area contributed by atoms with Crippen molar-refractivity contribution in [2.24, 2.45) is 23.7 Å². The summed E-state index contributed by atoms with van der Waals surface area (Å²) in [7, 11) is 0. The van der Waals surface area contributed by atoms with E-state index < -0.39 is 0 Å². The van der Waals surface area contributed by atoms with Crippen molar-refractivity contribution in [1.29, 1.82) is 0 Å². The van der Waals surface area contributed by atoms with Crippen molar-refractivity contribution in [2.75, 3.05) is 17.7 Å². The van der Waals surface area contributed by atoms with Crippen LogP contribution >= 0.6 is 0 Å². The molecule has 1 aromatic heterocycles. The standard InChI is InChI=1S/C20H30N2O2.C5H6N2/c1-4-24-20(23)15-5-6-18(17(21)11-15)22-19-13(3)9-14-7-12(2)8-16(19)10-14;1-5-2-3-6-4-7-5/h5-6,11-14,16,19,22H,4,7-10,21H2,1-3H3;2-4H,1H3. The number of anilines is 2. The van der Waals surface area contributed by atoms with Gasteiger partial charge in [-0.15, -0.1) is 0 Å². The van der Waals surface area contributed by atoms with Crippen molar-refractivity contribution in [3.05, 3.63) is 48.0 Å². The Bertz CT molecular complexity index is 854. The third-order valence-corrected chi connectivity index (χ3v) is 6.52. The van der Waals surface area contributed by atoms with Gasteiger partial charge in [0.15, 0.2) is 0 Å². The Labute approximate surface area is 186 Å².